The maximum Gasteiger partial charge on any atom is 0.238 e. The second-order valence-corrected chi connectivity index (χ2v) is 7.84. The molecule has 0 atom stereocenters. The van der Waals surface area contributed by atoms with Crippen molar-refractivity contribution in [2.24, 2.45) is 26.6 Å². The van der Waals surface area contributed by atoms with E-state index in [2.05, 4.69) is 9.98 Å². The summed E-state index contributed by atoms with van der Waals surface area (Å²) in [6.45, 7) is 1.70. The Balaban J connectivity index is 2.14. The third kappa shape index (κ3) is 2.84. The highest BCUT2D eigenvalue weighted by molar-refractivity contribution is 7.89. The quantitative estimate of drug-likeness (QED) is 0.722. The number of anilines is 1. The van der Waals surface area contributed by atoms with Crippen molar-refractivity contribution >= 4 is 27.6 Å². The lowest BCUT2D eigenvalue weighted by atomic mass is 9.87. The average Bonchev–Trinajstić information content (AvgIpc) is 2.47. The SMILES string of the molecule is Cc1ccc(N2C(N)=NC(N)=NC23CCCCC3)cc1S(N)(=O)=O. The van der Waals surface area contributed by atoms with Gasteiger partial charge < -0.3 is 11.5 Å². The minimum Gasteiger partial charge on any atom is -0.369 e. The first-order valence-corrected chi connectivity index (χ1v) is 9.41. The highest BCUT2D eigenvalue weighted by atomic mass is 32.2. The molecular formula is C15H22N6O2S. The van der Waals surface area contributed by atoms with E-state index in [1.165, 1.54) is 6.07 Å². The highest BCUT2D eigenvalue weighted by Crippen LogP contribution is 2.40. The van der Waals surface area contributed by atoms with E-state index >= 15 is 0 Å². The number of hydrogen-bond acceptors (Lipinski definition) is 7. The first-order valence-electron chi connectivity index (χ1n) is 7.86. The summed E-state index contributed by atoms with van der Waals surface area (Å²) in [6.07, 6.45) is 4.67. The molecule has 0 radical (unpaired) electrons. The number of nitrogens with two attached hydrogens (primary N) is 3. The lowest BCUT2D eigenvalue weighted by Crippen LogP contribution is -2.58. The van der Waals surface area contributed by atoms with Gasteiger partial charge in [0.2, 0.25) is 21.9 Å². The lowest BCUT2D eigenvalue weighted by Gasteiger charge is -2.45. The summed E-state index contributed by atoms with van der Waals surface area (Å²) in [7, 11) is -3.83. The fourth-order valence-corrected chi connectivity index (χ4v) is 4.33. The average molecular weight is 350 g/mol. The van der Waals surface area contributed by atoms with Crippen LogP contribution in [0.4, 0.5) is 5.69 Å². The Morgan fingerprint density at radius 3 is 2.46 bits per heavy atom. The molecule has 1 saturated carbocycles. The molecule has 1 aliphatic heterocycles. The summed E-state index contributed by atoms with van der Waals surface area (Å²) < 4.78 is 23.7. The molecule has 9 heteroatoms. The van der Waals surface area contributed by atoms with Crippen molar-refractivity contribution in [1.29, 1.82) is 0 Å². The number of guanidine groups is 2. The van der Waals surface area contributed by atoms with E-state index < -0.39 is 15.7 Å². The van der Waals surface area contributed by atoms with Gasteiger partial charge in [0.1, 0.15) is 5.66 Å². The standard InChI is InChI=1S/C15H22N6O2S/c1-10-5-6-11(9-12(10)24(18,22)23)21-14(17)19-13(16)20-15(21)7-3-2-4-8-15/h5-6,9H,2-4,7-8H2,1H3,(H2,18,22,23)(H4,16,17,19,20). The van der Waals surface area contributed by atoms with E-state index in [1.54, 1.807) is 24.0 Å². The van der Waals surface area contributed by atoms with Crippen LogP contribution in [0.25, 0.3) is 0 Å². The number of sulfonamides is 1. The summed E-state index contributed by atoms with van der Waals surface area (Å²) in [5, 5.41) is 5.33. The van der Waals surface area contributed by atoms with E-state index in [0.717, 1.165) is 32.1 Å². The molecule has 1 fully saturated rings. The Hall–Kier alpha value is -2.13. The first kappa shape index (κ1) is 16.7. The third-order valence-electron chi connectivity index (χ3n) is 4.59. The summed E-state index contributed by atoms with van der Waals surface area (Å²) in [4.78, 5) is 10.5. The van der Waals surface area contributed by atoms with E-state index in [4.69, 9.17) is 16.6 Å². The van der Waals surface area contributed by atoms with Crippen molar-refractivity contribution < 1.29 is 8.42 Å². The molecule has 0 bridgehead atoms. The van der Waals surface area contributed by atoms with Gasteiger partial charge in [-0.1, -0.05) is 12.5 Å². The van der Waals surface area contributed by atoms with Crippen LogP contribution in [0.2, 0.25) is 0 Å². The molecular weight excluding hydrogens is 328 g/mol. The molecule has 0 unspecified atom stereocenters. The van der Waals surface area contributed by atoms with Gasteiger partial charge in [-0.2, -0.15) is 4.99 Å². The number of aryl methyl sites for hydroxylation is 1. The third-order valence-corrected chi connectivity index (χ3v) is 5.64. The molecule has 1 spiro atoms. The molecule has 8 nitrogen and oxygen atoms in total. The molecule has 0 aromatic heterocycles. The second kappa shape index (κ2) is 5.75. The maximum absolute atomic E-state index is 11.8. The van der Waals surface area contributed by atoms with Gasteiger partial charge in [-0.25, -0.2) is 18.5 Å². The number of hydrogen-bond donors (Lipinski definition) is 3. The summed E-state index contributed by atoms with van der Waals surface area (Å²) in [5.74, 6) is 0.373. The number of nitrogens with zero attached hydrogens (tertiary/aromatic N) is 3. The van der Waals surface area contributed by atoms with Crippen LogP contribution in [0.15, 0.2) is 33.1 Å². The fraction of sp³-hybridized carbons (Fsp3) is 0.467. The monoisotopic (exact) mass is 350 g/mol. The van der Waals surface area contributed by atoms with Crippen LogP contribution >= 0.6 is 0 Å². The molecule has 6 N–H and O–H groups in total. The second-order valence-electron chi connectivity index (χ2n) is 6.31. The minimum atomic E-state index is -3.83. The van der Waals surface area contributed by atoms with Gasteiger partial charge in [0.05, 0.1) is 4.90 Å². The zero-order chi connectivity index (χ0) is 17.5. The summed E-state index contributed by atoms with van der Waals surface area (Å²) in [5.41, 5.74) is 12.5. The van der Waals surface area contributed by atoms with Crippen molar-refractivity contribution in [3.63, 3.8) is 0 Å². The van der Waals surface area contributed by atoms with Gasteiger partial charge in [0, 0.05) is 5.69 Å². The van der Waals surface area contributed by atoms with Crippen LogP contribution in [0.5, 0.6) is 0 Å². The van der Waals surface area contributed by atoms with Crippen molar-refractivity contribution in [2.45, 2.75) is 49.6 Å². The molecule has 1 heterocycles. The van der Waals surface area contributed by atoms with Crippen LogP contribution in [0.3, 0.4) is 0 Å². The molecule has 2 aliphatic rings. The molecule has 0 amide bonds. The molecule has 0 saturated heterocycles. The number of primary sulfonamides is 1. The number of rotatable bonds is 2. The van der Waals surface area contributed by atoms with Gasteiger partial charge >= 0.3 is 0 Å². The smallest absolute Gasteiger partial charge is 0.238 e. The fourth-order valence-electron chi connectivity index (χ4n) is 3.53. The van der Waals surface area contributed by atoms with Crippen LogP contribution in [0.1, 0.15) is 37.7 Å². The van der Waals surface area contributed by atoms with Crippen LogP contribution in [-0.4, -0.2) is 26.0 Å². The van der Waals surface area contributed by atoms with Gasteiger partial charge in [0.25, 0.3) is 0 Å². The van der Waals surface area contributed by atoms with E-state index in [1.807, 2.05) is 0 Å². The Morgan fingerprint density at radius 1 is 1.17 bits per heavy atom. The Kier molecular flexibility index (Phi) is 4.00. The van der Waals surface area contributed by atoms with Crippen molar-refractivity contribution in [3.05, 3.63) is 23.8 Å². The largest absolute Gasteiger partial charge is 0.369 e. The van der Waals surface area contributed by atoms with Gasteiger partial charge in [-0.3, -0.25) is 4.90 Å². The van der Waals surface area contributed by atoms with Gasteiger partial charge in [-0.05, 0) is 50.3 Å². The van der Waals surface area contributed by atoms with E-state index in [9.17, 15) is 8.42 Å². The zero-order valence-electron chi connectivity index (χ0n) is 13.6. The number of benzene rings is 1. The Bertz CT molecular complexity index is 824. The van der Waals surface area contributed by atoms with Crippen LogP contribution in [0, 0.1) is 6.92 Å². The Labute approximate surface area is 141 Å². The summed E-state index contributed by atoms with van der Waals surface area (Å²) in [6, 6.07) is 5.04. The zero-order valence-corrected chi connectivity index (χ0v) is 14.4. The highest BCUT2D eigenvalue weighted by Gasteiger charge is 2.42. The predicted molar refractivity (Wildman–Crippen MR) is 94.1 cm³/mol. The van der Waals surface area contributed by atoms with Crippen molar-refractivity contribution in [2.75, 3.05) is 4.90 Å². The van der Waals surface area contributed by atoms with E-state index in [0.29, 0.717) is 11.3 Å². The molecule has 24 heavy (non-hydrogen) atoms. The molecule has 130 valence electrons. The van der Waals surface area contributed by atoms with E-state index in [-0.39, 0.29) is 16.8 Å². The topological polar surface area (TPSA) is 140 Å². The van der Waals surface area contributed by atoms with Crippen molar-refractivity contribution in [1.82, 2.24) is 0 Å². The molecule has 1 aromatic rings. The molecule has 1 aliphatic carbocycles. The summed E-state index contributed by atoms with van der Waals surface area (Å²) >= 11 is 0. The van der Waals surface area contributed by atoms with Gasteiger partial charge in [0.15, 0.2) is 0 Å². The molecule has 1 aromatic carbocycles. The van der Waals surface area contributed by atoms with Crippen molar-refractivity contribution in [3.8, 4) is 0 Å². The molecule has 3 rings (SSSR count). The predicted octanol–water partition coefficient (Wildman–Crippen LogP) is 0.752. The normalized spacial score (nSPS) is 20.7. The lowest BCUT2D eigenvalue weighted by molar-refractivity contribution is 0.305. The minimum absolute atomic E-state index is 0.0706. The maximum atomic E-state index is 11.8. The van der Waals surface area contributed by atoms with Crippen LogP contribution in [-0.2, 0) is 10.0 Å². The van der Waals surface area contributed by atoms with Crippen LogP contribution < -0.4 is 21.5 Å². The van der Waals surface area contributed by atoms with Gasteiger partial charge in [-0.15, -0.1) is 0 Å². The Morgan fingerprint density at radius 2 is 1.83 bits per heavy atom. The first-order chi connectivity index (χ1) is 11.2. The number of aliphatic imine (C=N–C) groups is 2.